The topological polar surface area (TPSA) is 46.4 Å². The van der Waals surface area contributed by atoms with Gasteiger partial charge in [-0.05, 0) is 47.9 Å². The molecular formula is C22H24N2O2. The summed E-state index contributed by atoms with van der Waals surface area (Å²) in [6, 6.07) is 22.3. The number of hydrogen-bond acceptors (Lipinski definition) is 3. The minimum atomic E-state index is -0.262. The van der Waals surface area contributed by atoms with Crippen molar-refractivity contribution in [2.75, 3.05) is 24.5 Å². The van der Waals surface area contributed by atoms with Crippen LogP contribution in [0, 0.1) is 10.1 Å². The molecule has 3 aromatic carbocycles. The van der Waals surface area contributed by atoms with E-state index < -0.39 is 0 Å². The van der Waals surface area contributed by atoms with Crippen LogP contribution in [0.5, 0.6) is 0 Å². The molecule has 0 aliphatic rings. The molecule has 0 radical (unpaired) electrons. The Labute approximate surface area is 154 Å². The normalized spacial score (nSPS) is 12.1. The first-order valence-corrected chi connectivity index (χ1v) is 9.08. The quantitative estimate of drug-likeness (QED) is 0.441. The highest BCUT2D eigenvalue weighted by atomic mass is 16.6. The van der Waals surface area contributed by atoms with E-state index in [4.69, 9.17) is 0 Å². The average Bonchev–Trinajstić information content (AvgIpc) is 2.67. The van der Waals surface area contributed by atoms with Gasteiger partial charge in [-0.1, -0.05) is 54.6 Å². The van der Waals surface area contributed by atoms with Crippen LogP contribution in [0.25, 0.3) is 10.8 Å². The fourth-order valence-corrected chi connectivity index (χ4v) is 3.59. The van der Waals surface area contributed by atoms with Crippen LogP contribution in [-0.4, -0.2) is 24.6 Å². The van der Waals surface area contributed by atoms with Crippen molar-refractivity contribution in [3.8, 4) is 0 Å². The van der Waals surface area contributed by atoms with Gasteiger partial charge in [0.25, 0.3) is 0 Å². The van der Waals surface area contributed by atoms with Gasteiger partial charge < -0.3 is 4.90 Å². The molecule has 0 heterocycles. The summed E-state index contributed by atoms with van der Waals surface area (Å²) in [4.78, 5) is 13.4. The highest BCUT2D eigenvalue weighted by Gasteiger charge is 2.22. The molecule has 0 spiro atoms. The molecule has 26 heavy (non-hydrogen) atoms. The minimum Gasteiger partial charge on any atom is -0.372 e. The fraction of sp³-hybridized carbons (Fsp3) is 0.273. The molecule has 0 saturated carbocycles. The predicted octanol–water partition coefficient (Wildman–Crippen LogP) is 5.09. The van der Waals surface area contributed by atoms with E-state index in [-0.39, 0.29) is 17.4 Å². The molecule has 0 fully saturated rings. The van der Waals surface area contributed by atoms with E-state index in [1.165, 1.54) is 0 Å². The summed E-state index contributed by atoms with van der Waals surface area (Å²) < 4.78 is 0. The Bertz CT molecular complexity index is 881. The molecule has 0 amide bonds. The summed E-state index contributed by atoms with van der Waals surface area (Å²) in [7, 11) is 0. The standard InChI is InChI=1S/C22H24N2O2/c1-3-23(4-2)19-14-12-18(13-15-19)22(16-24(25)26)21-11-7-9-17-8-5-6-10-20(17)21/h5-15,22H,3-4,16H2,1-2H3. The third kappa shape index (κ3) is 3.69. The Morgan fingerprint density at radius 1 is 0.923 bits per heavy atom. The van der Waals surface area contributed by atoms with E-state index in [9.17, 15) is 10.1 Å². The second kappa shape index (κ2) is 8.00. The van der Waals surface area contributed by atoms with E-state index in [2.05, 4.69) is 30.9 Å². The first-order chi connectivity index (χ1) is 12.6. The van der Waals surface area contributed by atoms with E-state index in [0.717, 1.165) is 40.7 Å². The van der Waals surface area contributed by atoms with E-state index in [1.807, 2.05) is 54.6 Å². The monoisotopic (exact) mass is 348 g/mol. The Morgan fingerprint density at radius 3 is 2.23 bits per heavy atom. The number of anilines is 1. The number of rotatable bonds is 7. The first kappa shape index (κ1) is 17.9. The van der Waals surface area contributed by atoms with Crippen LogP contribution in [0.1, 0.15) is 30.9 Å². The van der Waals surface area contributed by atoms with Crippen molar-refractivity contribution in [2.45, 2.75) is 19.8 Å². The van der Waals surface area contributed by atoms with Crippen molar-refractivity contribution in [2.24, 2.45) is 0 Å². The van der Waals surface area contributed by atoms with Gasteiger partial charge in [-0.15, -0.1) is 0 Å². The average molecular weight is 348 g/mol. The second-order valence-corrected chi connectivity index (χ2v) is 6.40. The Hall–Kier alpha value is -2.88. The summed E-state index contributed by atoms with van der Waals surface area (Å²) in [5.74, 6) is -0.262. The maximum absolute atomic E-state index is 11.4. The number of hydrogen-bond donors (Lipinski definition) is 0. The lowest BCUT2D eigenvalue weighted by Crippen LogP contribution is -2.21. The molecule has 0 aliphatic heterocycles. The van der Waals surface area contributed by atoms with Crippen LogP contribution in [0.15, 0.2) is 66.7 Å². The summed E-state index contributed by atoms with van der Waals surface area (Å²) in [6.45, 7) is 6.03. The molecule has 3 rings (SSSR count). The van der Waals surface area contributed by atoms with E-state index >= 15 is 0 Å². The molecular weight excluding hydrogens is 324 g/mol. The van der Waals surface area contributed by atoms with Gasteiger partial charge >= 0.3 is 0 Å². The Kier molecular flexibility index (Phi) is 5.52. The van der Waals surface area contributed by atoms with Crippen LogP contribution >= 0.6 is 0 Å². The van der Waals surface area contributed by atoms with Gasteiger partial charge in [0.15, 0.2) is 0 Å². The van der Waals surface area contributed by atoms with Crippen LogP contribution < -0.4 is 4.90 Å². The van der Waals surface area contributed by atoms with Crippen molar-refractivity contribution in [1.29, 1.82) is 0 Å². The summed E-state index contributed by atoms with van der Waals surface area (Å²) >= 11 is 0. The van der Waals surface area contributed by atoms with Crippen LogP contribution in [0.4, 0.5) is 5.69 Å². The zero-order valence-corrected chi connectivity index (χ0v) is 15.3. The van der Waals surface area contributed by atoms with Crippen molar-refractivity contribution < 1.29 is 4.92 Å². The predicted molar refractivity (Wildman–Crippen MR) is 108 cm³/mol. The Morgan fingerprint density at radius 2 is 1.58 bits per heavy atom. The van der Waals surface area contributed by atoms with Gasteiger partial charge in [-0.2, -0.15) is 0 Å². The lowest BCUT2D eigenvalue weighted by Gasteiger charge is -2.22. The third-order valence-electron chi connectivity index (χ3n) is 4.95. The van der Waals surface area contributed by atoms with Crippen LogP contribution in [-0.2, 0) is 0 Å². The Balaban J connectivity index is 2.05. The van der Waals surface area contributed by atoms with Crippen molar-refractivity contribution >= 4 is 16.5 Å². The van der Waals surface area contributed by atoms with E-state index in [0.29, 0.717) is 0 Å². The molecule has 1 atom stereocenters. The molecule has 4 heteroatoms. The highest BCUT2D eigenvalue weighted by Crippen LogP contribution is 2.32. The minimum absolute atomic E-state index is 0.112. The lowest BCUT2D eigenvalue weighted by molar-refractivity contribution is -0.481. The van der Waals surface area contributed by atoms with Gasteiger partial charge in [0.2, 0.25) is 6.54 Å². The molecule has 3 aromatic rings. The fourth-order valence-electron chi connectivity index (χ4n) is 3.59. The van der Waals surface area contributed by atoms with Crippen LogP contribution in [0.2, 0.25) is 0 Å². The van der Waals surface area contributed by atoms with Gasteiger partial charge in [0, 0.05) is 23.7 Å². The smallest absolute Gasteiger partial charge is 0.214 e. The lowest BCUT2D eigenvalue weighted by atomic mass is 9.87. The summed E-state index contributed by atoms with van der Waals surface area (Å²) in [6.07, 6.45) is 0. The molecule has 134 valence electrons. The molecule has 4 nitrogen and oxygen atoms in total. The number of fused-ring (bicyclic) bond motifs is 1. The first-order valence-electron chi connectivity index (χ1n) is 9.08. The maximum atomic E-state index is 11.4. The molecule has 0 aromatic heterocycles. The van der Waals surface area contributed by atoms with Gasteiger partial charge in [0.1, 0.15) is 0 Å². The number of nitrogens with zero attached hydrogens (tertiary/aromatic N) is 2. The van der Waals surface area contributed by atoms with Gasteiger partial charge in [-0.25, -0.2) is 0 Å². The zero-order chi connectivity index (χ0) is 18.5. The van der Waals surface area contributed by atoms with Crippen molar-refractivity contribution in [3.63, 3.8) is 0 Å². The summed E-state index contributed by atoms with van der Waals surface area (Å²) in [5.41, 5.74) is 3.14. The second-order valence-electron chi connectivity index (χ2n) is 6.40. The van der Waals surface area contributed by atoms with Gasteiger partial charge in [0.05, 0.1) is 5.92 Å². The van der Waals surface area contributed by atoms with Crippen molar-refractivity contribution in [3.05, 3.63) is 88.0 Å². The zero-order valence-electron chi connectivity index (χ0n) is 15.3. The van der Waals surface area contributed by atoms with Crippen LogP contribution in [0.3, 0.4) is 0 Å². The third-order valence-corrected chi connectivity index (χ3v) is 4.95. The maximum Gasteiger partial charge on any atom is 0.214 e. The molecule has 0 N–H and O–H groups in total. The molecule has 0 saturated heterocycles. The molecule has 1 unspecified atom stereocenters. The molecule has 0 bridgehead atoms. The SMILES string of the molecule is CCN(CC)c1ccc(C(C[N+](=O)[O-])c2cccc3ccccc23)cc1. The number of nitro groups is 1. The van der Waals surface area contributed by atoms with Crippen molar-refractivity contribution in [1.82, 2.24) is 0 Å². The largest absolute Gasteiger partial charge is 0.372 e. The van der Waals surface area contributed by atoms with E-state index in [1.54, 1.807) is 0 Å². The number of benzene rings is 3. The molecule has 0 aliphatic carbocycles. The van der Waals surface area contributed by atoms with Gasteiger partial charge in [-0.3, -0.25) is 10.1 Å². The summed E-state index contributed by atoms with van der Waals surface area (Å²) in [5, 5.41) is 13.5. The highest BCUT2D eigenvalue weighted by molar-refractivity contribution is 5.86.